The van der Waals surface area contributed by atoms with Crippen molar-refractivity contribution in [3.63, 3.8) is 0 Å². The van der Waals surface area contributed by atoms with Crippen molar-refractivity contribution in [3.8, 4) is 0 Å². The lowest BCUT2D eigenvalue weighted by Gasteiger charge is -2.34. The number of piperazine rings is 1. The fraction of sp³-hybridized carbons (Fsp3) is 0.409. The van der Waals surface area contributed by atoms with Crippen molar-refractivity contribution in [2.24, 2.45) is 0 Å². The number of aromatic nitrogens is 3. The summed E-state index contributed by atoms with van der Waals surface area (Å²) in [6.07, 6.45) is 3.74. The number of methoxy groups -OCH3 is 1. The molecule has 1 unspecified atom stereocenters. The predicted molar refractivity (Wildman–Crippen MR) is 125 cm³/mol. The molecule has 0 aliphatic carbocycles. The molecule has 162 valence electrons. The van der Waals surface area contributed by atoms with Gasteiger partial charge in [0.25, 0.3) is 0 Å². The zero-order valence-electron chi connectivity index (χ0n) is 17.9. The maximum atomic E-state index is 5.42. The second-order valence-corrected chi connectivity index (χ2v) is 8.89. The summed E-state index contributed by atoms with van der Waals surface area (Å²) in [4.78, 5) is 20.8. The molecule has 9 heteroatoms. The molecule has 0 amide bonds. The minimum Gasteiger partial charge on any atom is -0.384 e. The number of benzene rings is 1. The van der Waals surface area contributed by atoms with Crippen molar-refractivity contribution in [2.45, 2.75) is 5.92 Å². The topological polar surface area (TPSA) is 69.7 Å². The number of likely N-dealkylation sites (N-methyl/N-ethyl adjacent to an activating group) is 1. The summed E-state index contributed by atoms with van der Waals surface area (Å²) in [7, 11) is 3.91. The molecule has 8 nitrogen and oxygen atoms in total. The van der Waals surface area contributed by atoms with E-state index < -0.39 is 0 Å². The van der Waals surface area contributed by atoms with E-state index in [1.54, 1.807) is 18.4 Å². The van der Waals surface area contributed by atoms with Crippen LogP contribution in [0.15, 0.2) is 42.0 Å². The summed E-state index contributed by atoms with van der Waals surface area (Å²) in [6.45, 7) is 5.76. The van der Waals surface area contributed by atoms with Crippen molar-refractivity contribution < 1.29 is 4.74 Å². The zero-order valence-corrected chi connectivity index (χ0v) is 18.7. The molecule has 2 aliphatic rings. The number of nitrogens with one attached hydrogen (secondary N) is 1. The van der Waals surface area contributed by atoms with Gasteiger partial charge in [0, 0.05) is 80.5 Å². The quantitative estimate of drug-likeness (QED) is 0.630. The number of thiazole rings is 1. The fourth-order valence-electron chi connectivity index (χ4n) is 4.16. The summed E-state index contributed by atoms with van der Waals surface area (Å²) < 4.78 is 5.42. The molecule has 5 rings (SSSR count). The minimum absolute atomic E-state index is 0.237. The standard InChI is InChI=1S/C22H27N7OS/c1-27-8-10-28(11-9-27)18-5-3-17(4-6-18)25-21-24-13-19-16(15-30-2)14-29(20(19)26-21)22-23-7-12-31-22/h3-7,12-13,16H,8-11,14-15H2,1-2H3,(H,24,25,26). The van der Waals surface area contributed by atoms with Crippen LogP contribution in [0, 0.1) is 0 Å². The van der Waals surface area contributed by atoms with Gasteiger partial charge in [0.05, 0.1) is 6.61 Å². The number of hydrogen-bond acceptors (Lipinski definition) is 9. The van der Waals surface area contributed by atoms with Crippen LogP contribution >= 0.6 is 11.3 Å². The summed E-state index contributed by atoms with van der Waals surface area (Å²) in [5.41, 5.74) is 3.34. The summed E-state index contributed by atoms with van der Waals surface area (Å²) in [5.74, 6) is 1.73. The molecule has 0 spiro atoms. The van der Waals surface area contributed by atoms with Gasteiger partial charge < -0.3 is 24.8 Å². The van der Waals surface area contributed by atoms with Crippen LogP contribution in [0.4, 0.5) is 28.3 Å². The summed E-state index contributed by atoms with van der Waals surface area (Å²) in [6, 6.07) is 8.52. The van der Waals surface area contributed by atoms with Crippen LogP contribution in [-0.4, -0.2) is 73.3 Å². The number of fused-ring (bicyclic) bond motifs is 1. The van der Waals surface area contributed by atoms with E-state index in [1.807, 2.05) is 17.8 Å². The van der Waals surface area contributed by atoms with Gasteiger partial charge in [-0.3, -0.25) is 0 Å². The molecule has 3 aromatic rings. The molecule has 31 heavy (non-hydrogen) atoms. The predicted octanol–water partition coefficient (Wildman–Crippen LogP) is 3.31. The van der Waals surface area contributed by atoms with Crippen LogP contribution in [-0.2, 0) is 4.74 Å². The Morgan fingerprint density at radius 2 is 1.94 bits per heavy atom. The third kappa shape index (κ3) is 4.21. The normalized spacial score (nSPS) is 19.0. The van der Waals surface area contributed by atoms with E-state index in [2.05, 4.69) is 61.3 Å². The minimum atomic E-state index is 0.237. The van der Waals surface area contributed by atoms with Gasteiger partial charge in [0.15, 0.2) is 5.13 Å². The molecule has 1 fully saturated rings. The van der Waals surface area contributed by atoms with Crippen LogP contribution in [0.1, 0.15) is 11.5 Å². The van der Waals surface area contributed by atoms with Gasteiger partial charge in [-0.2, -0.15) is 4.98 Å². The Morgan fingerprint density at radius 1 is 1.13 bits per heavy atom. The van der Waals surface area contributed by atoms with Crippen LogP contribution in [0.3, 0.4) is 0 Å². The second-order valence-electron chi connectivity index (χ2n) is 8.01. The highest BCUT2D eigenvalue weighted by atomic mass is 32.1. The highest BCUT2D eigenvalue weighted by molar-refractivity contribution is 7.13. The van der Waals surface area contributed by atoms with Crippen molar-refractivity contribution in [1.82, 2.24) is 19.9 Å². The summed E-state index contributed by atoms with van der Waals surface area (Å²) in [5, 5.41) is 6.29. The van der Waals surface area contributed by atoms with Crippen molar-refractivity contribution in [2.75, 3.05) is 68.6 Å². The number of ether oxygens (including phenoxy) is 1. The lowest BCUT2D eigenvalue weighted by molar-refractivity contribution is 0.183. The molecular formula is C22H27N7OS. The molecular weight excluding hydrogens is 410 g/mol. The molecule has 0 bridgehead atoms. The van der Waals surface area contributed by atoms with Crippen LogP contribution in [0.2, 0.25) is 0 Å². The lowest BCUT2D eigenvalue weighted by atomic mass is 10.1. The molecule has 1 saturated heterocycles. The van der Waals surface area contributed by atoms with Gasteiger partial charge in [-0.1, -0.05) is 0 Å². The van der Waals surface area contributed by atoms with Crippen LogP contribution in [0.5, 0.6) is 0 Å². The number of rotatable bonds is 6. The Kier molecular flexibility index (Phi) is 5.71. The Balaban J connectivity index is 1.34. The molecule has 4 heterocycles. The molecule has 0 radical (unpaired) electrons. The third-order valence-corrected chi connectivity index (χ3v) is 6.70. The monoisotopic (exact) mass is 437 g/mol. The van der Waals surface area contributed by atoms with E-state index in [0.717, 1.165) is 54.9 Å². The largest absolute Gasteiger partial charge is 0.384 e. The van der Waals surface area contributed by atoms with Crippen molar-refractivity contribution in [3.05, 3.63) is 47.6 Å². The number of nitrogens with zero attached hydrogens (tertiary/aromatic N) is 6. The molecule has 1 N–H and O–H groups in total. The number of hydrogen-bond donors (Lipinski definition) is 1. The van der Waals surface area contributed by atoms with E-state index in [-0.39, 0.29) is 5.92 Å². The first kappa shape index (κ1) is 20.2. The maximum absolute atomic E-state index is 5.42. The van der Waals surface area contributed by atoms with E-state index >= 15 is 0 Å². The first-order valence-corrected chi connectivity index (χ1v) is 11.4. The van der Waals surface area contributed by atoms with Gasteiger partial charge in [-0.15, -0.1) is 11.3 Å². The van der Waals surface area contributed by atoms with Gasteiger partial charge in [0.1, 0.15) is 5.82 Å². The fourth-order valence-corrected chi connectivity index (χ4v) is 4.82. The van der Waals surface area contributed by atoms with Crippen LogP contribution in [0.25, 0.3) is 0 Å². The molecule has 2 aromatic heterocycles. The second kappa shape index (κ2) is 8.78. The zero-order chi connectivity index (χ0) is 21.2. The van der Waals surface area contributed by atoms with Gasteiger partial charge in [0.2, 0.25) is 5.95 Å². The molecule has 0 saturated carbocycles. The SMILES string of the molecule is COCC1CN(c2nccs2)c2nc(Nc3ccc(N4CCN(C)CC4)cc3)ncc21. The van der Waals surface area contributed by atoms with Gasteiger partial charge >= 0.3 is 0 Å². The van der Waals surface area contributed by atoms with Crippen molar-refractivity contribution >= 4 is 39.6 Å². The highest BCUT2D eigenvalue weighted by Gasteiger charge is 2.33. The van der Waals surface area contributed by atoms with E-state index in [1.165, 1.54) is 5.69 Å². The number of anilines is 5. The highest BCUT2D eigenvalue weighted by Crippen LogP contribution is 2.40. The Labute approximate surface area is 186 Å². The van der Waals surface area contributed by atoms with E-state index in [4.69, 9.17) is 9.72 Å². The average Bonchev–Trinajstić information content (AvgIpc) is 3.44. The average molecular weight is 438 g/mol. The Hall–Kier alpha value is -2.75. The molecule has 1 aromatic carbocycles. The van der Waals surface area contributed by atoms with E-state index in [9.17, 15) is 0 Å². The molecule has 2 aliphatic heterocycles. The molecule has 1 atom stereocenters. The van der Waals surface area contributed by atoms with Gasteiger partial charge in [-0.05, 0) is 31.3 Å². The maximum Gasteiger partial charge on any atom is 0.229 e. The summed E-state index contributed by atoms with van der Waals surface area (Å²) >= 11 is 1.61. The smallest absolute Gasteiger partial charge is 0.229 e. The Morgan fingerprint density at radius 3 is 2.65 bits per heavy atom. The van der Waals surface area contributed by atoms with E-state index in [0.29, 0.717) is 12.6 Å². The lowest BCUT2D eigenvalue weighted by Crippen LogP contribution is -2.44. The van der Waals surface area contributed by atoms with Gasteiger partial charge in [-0.25, -0.2) is 9.97 Å². The Bertz CT molecular complexity index is 1000. The third-order valence-electron chi connectivity index (χ3n) is 5.90. The van der Waals surface area contributed by atoms with Crippen molar-refractivity contribution in [1.29, 1.82) is 0 Å². The van der Waals surface area contributed by atoms with Crippen LogP contribution < -0.4 is 15.1 Å². The first-order chi connectivity index (χ1) is 15.2. The first-order valence-electron chi connectivity index (χ1n) is 10.5.